The Morgan fingerprint density at radius 3 is 2.45 bits per heavy atom. The summed E-state index contributed by atoms with van der Waals surface area (Å²) in [6.45, 7) is 2.19. The molecule has 0 aliphatic heterocycles. The second kappa shape index (κ2) is 8.06. The normalized spacial score (nSPS) is 43.0. The van der Waals surface area contributed by atoms with Crippen LogP contribution in [-0.4, -0.2) is 29.0 Å². The highest BCUT2D eigenvalue weighted by atomic mass is 127. The standard InChI is InChI=1S/C16H25F2IO/c1-11-4-9-14(16(18)15(11)17)20-10-2-3-12-5-7-13(19)8-6-12/h2-3,11-16H,4-10H2,1H3. The first kappa shape index (κ1) is 16.7. The second-order valence-electron chi connectivity index (χ2n) is 6.26. The first-order chi connectivity index (χ1) is 9.58. The Bertz CT molecular complexity index is 316. The van der Waals surface area contributed by atoms with Crippen molar-refractivity contribution < 1.29 is 13.5 Å². The predicted molar refractivity (Wildman–Crippen MR) is 86.8 cm³/mol. The van der Waals surface area contributed by atoms with Gasteiger partial charge in [0.15, 0.2) is 6.17 Å². The van der Waals surface area contributed by atoms with Crippen LogP contribution in [0.15, 0.2) is 12.2 Å². The number of rotatable bonds is 4. The largest absolute Gasteiger partial charge is 0.371 e. The van der Waals surface area contributed by atoms with Gasteiger partial charge in [-0.2, -0.15) is 0 Å². The molecular weight excluding hydrogens is 373 g/mol. The highest BCUT2D eigenvalue weighted by Gasteiger charge is 2.38. The Hall–Kier alpha value is 0.290. The Labute approximate surface area is 134 Å². The van der Waals surface area contributed by atoms with Gasteiger partial charge in [-0.05, 0) is 50.4 Å². The maximum absolute atomic E-state index is 13.8. The SMILES string of the molecule is CC1CCC(OCC=CC2CCC(I)CC2)C(F)C1F. The van der Waals surface area contributed by atoms with Crippen molar-refractivity contribution in [3.05, 3.63) is 12.2 Å². The van der Waals surface area contributed by atoms with Gasteiger partial charge in [0.05, 0.1) is 12.7 Å². The molecule has 116 valence electrons. The summed E-state index contributed by atoms with van der Waals surface area (Å²) in [6.07, 6.45) is 7.22. The van der Waals surface area contributed by atoms with Crippen molar-refractivity contribution >= 4 is 22.6 Å². The minimum atomic E-state index is -1.46. The first-order valence-corrected chi connectivity index (χ1v) is 9.03. The van der Waals surface area contributed by atoms with Crippen molar-refractivity contribution in [2.75, 3.05) is 6.61 Å². The molecular formula is C16H25F2IO. The van der Waals surface area contributed by atoms with E-state index < -0.39 is 18.4 Å². The van der Waals surface area contributed by atoms with Crippen LogP contribution in [0.4, 0.5) is 8.78 Å². The summed E-state index contributed by atoms with van der Waals surface area (Å²) in [7, 11) is 0. The second-order valence-corrected chi connectivity index (χ2v) is 8.02. The summed E-state index contributed by atoms with van der Waals surface area (Å²) in [5.74, 6) is 0.468. The molecule has 0 spiro atoms. The molecule has 2 aliphatic rings. The molecule has 0 amide bonds. The molecule has 0 N–H and O–H groups in total. The molecule has 0 bridgehead atoms. The molecule has 0 aromatic rings. The summed E-state index contributed by atoms with van der Waals surface area (Å²) < 4.78 is 33.7. The van der Waals surface area contributed by atoms with Gasteiger partial charge >= 0.3 is 0 Å². The number of alkyl halides is 3. The summed E-state index contributed by atoms with van der Waals surface area (Å²) in [5, 5.41) is 0. The average molecular weight is 398 g/mol. The lowest BCUT2D eigenvalue weighted by atomic mass is 9.85. The molecule has 2 rings (SSSR count). The van der Waals surface area contributed by atoms with Crippen molar-refractivity contribution in [2.24, 2.45) is 11.8 Å². The van der Waals surface area contributed by atoms with Crippen molar-refractivity contribution in [3.63, 3.8) is 0 Å². The Kier molecular flexibility index (Phi) is 6.72. The quantitative estimate of drug-likeness (QED) is 0.367. The molecule has 0 aromatic carbocycles. The lowest BCUT2D eigenvalue weighted by Crippen LogP contribution is -2.41. The third kappa shape index (κ3) is 4.65. The molecule has 4 unspecified atom stereocenters. The maximum Gasteiger partial charge on any atom is 0.157 e. The van der Waals surface area contributed by atoms with E-state index in [4.69, 9.17) is 4.74 Å². The minimum Gasteiger partial charge on any atom is -0.371 e. The zero-order valence-corrected chi connectivity index (χ0v) is 14.3. The summed E-state index contributed by atoms with van der Waals surface area (Å²) in [4.78, 5) is 0. The lowest BCUT2D eigenvalue weighted by molar-refractivity contribution is -0.0631. The van der Waals surface area contributed by atoms with Crippen LogP contribution >= 0.6 is 22.6 Å². The molecule has 2 fully saturated rings. The zero-order chi connectivity index (χ0) is 14.5. The summed E-state index contributed by atoms with van der Waals surface area (Å²) >= 11 is 2.52. The van der Waals surface area contributed by atoms with Crippen molar-refractivity contribution in [3.8, 4) is 0 Å². The fourth-order valence-electron chi connectivity index (χ4n) is 3.14. The summed E-state index contributed by atoms with van der Waals surface area (Å²) in [5.41, 5.74) is 0. The van der Waals surface area contributed by atoms with E-state index in [9.17, 15) is 8.78 Å². The number of ether oxygens (including phenoxy) is 1. The number of hydrogen-bond donors (Lipinski definition) is 0. The molecule has 2 saturated carbocycles. The molecule has 20 heavy (non-hydrogen) atoms. The fourth-order valence-corrected chi connectivity index (χ4v) is 3.86. The van der Waals surface area contributed by atoms with Crippen molar-refractivity contribution in [2.45, 2.75) is 67.8 Å². The number of halogens is 3. The smallest absolute Gasteiger partial charge is 0.157 e. The van der Waals surface area contributed by atoms with Gasteiger partial charge < -0.3 is 4.74 Å². The van der Waals surface area contributed by atoms with Gasteiger partial charge in [0.25, 0.3) is 0 Å². The van der Waals surface area contributed by atoms with Crippen molar-refractivity contribution in [1.82, 2.24) is 0 Å². The van der Waals surface area contributed by atoms with Gasteiger partial charge in [0, 0.05) is 3.92 Å². The molecule has 0 saturated heterocycles. The van der Waals surface area contributed by atoms with Crippen molar-refractivity contribution in [1.29, 1.82) is 0 Å². The summed E-state index contributed by atoms with van der Waals surface area (Å²) in [6, 6.07) is 0. The minimum absolute atomic E-state index is 0.177. The van der Waals surface area contributed by atoms with E-state index in [-0.39, 0.29) is 5.92 Å². The number of hydrogen-bond acceptors (Lipinski definition) is 1. The van der Waals surface area contributed by atoms with Gasteiger partial charge in [-0.25, -0.2) is 8.78 Å². The lowest BCUT2D eigenvalue weighted by Gasteiger charge is -2.32. The van der Waals surface area contributed by atoms with Gasteiger partial charge in [0.1, 0.15) is 6.17 Å². The molecule has 4 heteroatoms. The zero-order valence-electron chi connectivity index (χ0n) is 12.1. The van der Waals surface area contributed by atoms with E-state index in [1.165, 1.54) is 25.7 Å². The van der Waals surface area contributed by atoms with Gasteiger partial charge in [-0.15, -0.1) is 0 Å². The number of allylic oxidation sites excluding steroid dienone is 1. The van der Waals surface area contributed by atoms with E-state index in [2.05, 4.69) is 28.7 Å². The van der Waals surface area contributed by atoms with Gasteiger partial charge in [-0.3, -0.25) is 0 Å². The predicted octanol–water partition coefficient (Wildman–Crippen LogP) is 5.03. The maximum atomic E-state index is 13.8. The Balaban J connectivity index is 1.68. The van der Waals surface area contributed by atoms with Crippen LogP contribution in [0.25, 0.3) is 0 Å². The van der Waals surface area contributed by atoms with Crippen LogP contribution in [0.2, 0.25) is 0 Å². The van der Waals surface area contributed by atoms with Crippen LogP contribution in [0.3, 0.4) is 0 Å². The van der Waals surface area contributed by atoms with Crippen LogP contribution in [0.5, 0.6) is 0 Å². The van der Waals surface area contributed by atoms with E-state index in [0.717, 1.165) is 10.3 Å². The fraction of sp³-hybridized carbons (Fsp3) is 0.875. The Morgan fingerprint density at radius 2 is 1.75 bits per heavy atom. The Morgan fingerprint density at radius 1 is 1.05 bits per heavy atom. The van der Waals surface area contributed by atoms with Gasteiger partial charge in [-0.1, -0.05) is 41.7 Å². The topological polar surface area (TPSA) is 9.23 Å². The van der Waals surface area contributed by atoms with Gasteiger partial charge in [0.2, 0.25) is 0 Å². The molecule has 0 heterocycles. The highest BCUT2D eigenvalue weighted by Crippen LogP contribution is 2.32. The molecule has 4 atom stereocenters. The van der Waals surface area contributed by atoms with E-state index in [0.29, 0.717) is 18.9 Å². The molecule has 0 aromatic heterocycles. The third-order valence-corrected chi connectivity index (χ3v) is 5.87. The van der Waals surface area contributed by atoms with Crippen LogP contribution in [0.1, 0.15) is 45.4 Å². The molecule has 2 aliphatic carbocycles. The molecule has 1 nitrogen and oxygen atoms in total. The third-order valence-electron chi connectivity index (χ3n) is 4.63. The van der Waals surface area contributed by atoms with E-state index in [1.807, 2.05) is 6.08 Å². The van der Waals surface area contributed by atoms with Crippen LogP contribution < -0.4 is 0 Å². The van der Waals surface area contributed by atoms with E-state index >= 15 is 0 Å². The van der Waals surface area contributed by atoms with E-state index in [1.54, 1.807) is 6.92 Å². The highest BCUT2D eigenvalue weighted by molar-refractivity contribution is 14.1. The first-order valence-electron chi connectivity index (χ1n) is 7.78. The van der Waals surface area contributed by atoms with Crippen LogP contribution in [-0.2, 0) is 4.74 Å². The van der Waals surface area contributed by atoms with Crippen LogP contribution in [0, 0.1) is 11.8 Å². The monoisotopic (exact) mass is 398 g/mol. The average Bonchev–Trinajstić information content (AvgIpc) is 2.45. The molecule has 0 radical (unpaired) electrons.